The summed E-state index contributed by atoms with van der Waals surface area (Å²) in [6, 6.07) is 10.7. The molecule has 1 aliphatic heterocycles. The van der Waals surface area contributed by atoms with Gasteiger partial charge >= 0.3 is 6.36 Å². The normalized spacial score (nSPS) is 15.1. The highest BCUT2D eigenvalue weighted by atomic mass is 35.5. The maximum absolute atomic E-state index is 13.0. The Labute approximate surface area is 202 Å². The van der Waals surface area contributed by atoms with Crippen LogP contribution in [0.15, 0.2) is 54.7 Å². The standard InChI is InChI=1S/C23H19ClF3N3O5/c1-33-16-9-18(24)21(28-10-16)30-14(11-31)12-34-20-17(3-2-4-19(20)30)22(32)29-13-5-7-15(8-6-13)35-23(25,26)27/h2-10,14,31H,11-12H2,1H3,(H,29,32). The van der Waals surface area contributed by atoms with Crippen molar-refractivity contribution in [1.29, 1.82) is 0 Å². The molecule has 0 fully saturated rings. The zero-order chi connectivity index (χ0) is 25.2. The van der Waals surface area contributed by atoms with Gasteiger partial charge in [0.1, 0.15) is 18.1 Å². The molecule has 8 nitrogen and oxygen atoms in total. The lowest BCUT2D eigenvalue weighted by Crippen LogP contribution is -2.43. The number of benzene rings is 2. The first-order valence-corrected chi connectivity index (χ1v) is 10.6. The van der Waals surface area contributed by atoms with Gasteiger partial charge in [0.2, 0.25) is 0 Å². The average molecular weight is 510 g/mol. The van der Waals surface area contributed by atoms with Gasteiger partial charge in [-0.3, -0.25) is 4.79 Å². The van der Waals surface area contributed by atoms with Gasteiger partial charge in [0, 0.05) is 11.8 Å². The molecule has 12 heteroatoms. The number of halogens is 4. The molecule has 1 aliphatic rings. The number of methoxy groups -OCH3 is 1. The highest BCUT2D eigenvalue weighted by Crippen LogP contribution is 2.43. The number of aliphatic hydroxyl groups is 1. The van der Waals surface area contributed by atoms with Crippen LogP contribution in [0.25, 0.3) is 0 Å². The molecule has 1 amide bonds. The number of ether oxygens (including phenoxy) is 3. The van der Waals surface area contributed by atoms with Crippen molar-refractivity contribution in [2.24, 2.45) is 0 Å². The van der Waals surface area contributed by atoms with E-state index in [0.29, 0.717) is 17.3 Å². The molecule has 2 aromatic carbocycles. The van der Waals surface area contributed by atoms with Crippen LogP contribution in [-0.2, 0) is 0 Å². The third-order valence-electron chi connectivity index (χ3n) is 5.10. The lowest BCUT2D eigenvalue weighted by atomic mass is 10.1. The Bertz CT molecular complexity index is 1220. The van der Waals surface area contributed by atoms with Crippen LogP contribution in [0.5, 0.6) is 17.2 Å². The molecular formula is C23H19ClF3N3O5. The molecule has 1 atom stereocenters. The molecule has 35 heavy (non-hydrogen) atoms. The number of hydrogen-bond acceptors (Lipinski definition) is 7. The van der Waals surface area contributed by atoms with Crippen molar-refractivity contribution in [3.8, 4) is 17.2 Å². The molecule has 3 aromatic rings. The minimum absolute atomic E-state index is 0.0430. The van der Waals surface area contributed by atoms with E-state index in [0.717, 1.165) is 12.1 Å². The average Bonchev–Trinajstić information content (AvgIpc) is 2.83. The Hall–Kier alpha value is -3.70. The minimum atomic E-state index is -4.81. The summed E-state index contributed by atoms with van der Waals surface area (Å²) in [7, 11) is 1.48. The summed E-state index contributed by atoms with van der Waals surface area (Å²) in [5.41, 5.74) is 0.878. The largest absolute Gasteiger partial charge is 0.573 e. The number of aromatic nitrogens is 1. The number of alkyl halides is 3. The molecule has 2 N–H and O–H groups in total. The highest BCUT2D eigenvalue weighted by Gasteiger charge is 2.34. The number of para-hydroxylation sites is 1. The number of aliphatic hydroxyl groups excluding tert-OH is 1. The Balaban J connectivity index is 1.63. The van der Waals surface area contributed by atoms with E-state index in [1.54, 1.807) is 23.1 Å². The first kappa shape index (κ1) is 24.4. The molecule has 1 aromatic heterocycles. The zero-order valence-electron chi connectivity index (χ0n) is 18.2. The molecule has 0 aliphatic carbocycles. The second-order valence-corrected chi connectivity index (χ2v) is 7.79. The summed E-state index contributed by atoms with van der Waals surface area (Å²) >= 11 is 6.43. The van der Waals surface area contributed by atoms with Gasteiger partial charge in [0.05, 0.1) is 42.2 Å². The summed E-state index contributed by atoms with van der Waals surface area (Å²) in [5, 5.41) is 12.8. The van der Waals surface area contributed by atoms with Crippen molar-refractivity contribution < 1.29 is 37.3 Å². The van der Waals surface area contributed by atoms with Crippen molar-refractivity contribution in [1.82, 2.24) is 4.98 Å². The fourth-order valence-electron chi connectivity index (χ4n) is 3.56. The third-order valence-corrected chi connectivity index (χ3v) is 5.38. The van der Waals surface area contributed by atoms with Crippen molar-refractivity contribution in [2.75, 3.05) is 30.5 Å². The predicted octanol–water partition coefficient (Wildman–Crippen LogP) is 4.79. The number of hydrogen-bond donors (Lipinski definition) is 2. The van der Waals surface area contributed by atoms with Gasteiger partial charge in [-0.1, -0.05) is 17.7 Å². The summed E-state index contributed by atoms with van der Waals surface area (Å²) in [4.78, 5) is 19.1. The molecule has 184 valence electrons. The number of rotatable bonds is 6. The maximum atomic E-state index is 13.0. The second kappa shape index (κ2) is 9.88. The molecule has 4 rings (SSSR count). The number of nitrogens with zero attached hydrogens (tertiary/aromatic N) is 2. The van der Waals surface area contributed by atoms with Crippen LogP contribution < -0.4 is 24.4 Å². The zero-order valence-corrected chi connectivity index (χ0v) is 18.9. The van der Waals surface area contributed by atoms with Gasteiger partial charge in [0.15, 0.2) is 11.6 Å². The molecule has 0 bridgehead atoms. The summed E-state index contributed by atoms with van der Waals surface area (Å²) in [5.74, 6) is 0.0647. The van der Waals surface area contributed by atoms with Gasteiger partial charge in [0.25, 0.3) is 5.91 Å². The number of carbonyl (C=O) groups is 1. The quantitative estimate of drug-likeness (QED) is 0.493. The number of anilines is 3. The van der Waals surface area contributed by atoms with Crippen LogP contribution in [0.3, 0.4) is 0 Å². The lowest BCUT2D eigenvalue weighted by Gasteiger charge is -2.37. The highest BCUT2D eigenvalue weighted by molar-refractivity contribution is 6.33. The number of nitrogens with one attached hydrogen (secondary N) is 1. The molecule has 2 heterocycles. The van der Waals surface area contributed by atoms with Crippen molar-refractivity contribution >= 4 is 34.7 Å². The van der Waals surface area contributed by atoms with Crippen LogP contribution in [-0.4, -0.2) is 48.7 Å². The number of fused-ring (bicyclic) bond motifs is 1. The van der Waals surface area contributed by atoms with E-state index >= 15 is 0 Å². The molecule has 0 radical (unpaired) electrons. The minimum Gasteiger partial charge on any atom is -0.495 e. The van der Waals surface area contributed by atoms with Gasteiger partial charge < -0.3 is 29.5 Å². The van der Waals surface area contributed by atoms with E-state index in [2.05, 4.69) is 15.0 Å². The third kappa shape index (κ3) is 5.36. The van der Waals surface area contributed by atoms with Gasteiger partial charge in [-0.15, -0.1) is 13.2 Å². The van der Waals surface area contributed by atoms with Crippen LogP contribution in [0.1, 0.15) is 10.4 Å². The van der Waals surface area contributed by atoms with E-state index < -0.39 is 24.1 Å². The number of amides is 1. The number of carbonyl (C=O) groups excluding carboxylic acids is 1. The van der Waals surface area contributed by atoms with Crippen LogP contribution >= 0.6 is 11.6 Å². The smallest absolute Gasteiger partial charge is 0.495 e. The predicted molar refractivity (Wildman–Crippen MR) is 122 cm³/mol. The van der Waals surface area contributed by atoms with Crippen LogP contribution in [0, 0.1) is 0 Å². The molecule has 0 spiro atoms. The van der Waals surface area contributed by atoms with Gasteiger partial charge in [-0.2, -0.15) is 0 Å². The second-order valence-electron chi connectivity index (χ2n) is 7.38. The van der Waals surface area contributed by atoms with E-state index in [1.807, 2.05) is 0 Å². The van der Waals surface area contributed by atoms with Crippen molar-refractivity contribution in [2.45, 2.75) is 12.4 Å². The molecule has 0 saturated heterocycles. The molecule has 0 saturated carbocycles. The Morgan fingerprint density at radius 1 is 1.26 bits per heavy atom. The lowest BCUT2D eigenvalue weighted by molar-refractivity contribution is -0.274. The van der Waals surface area contributed by atoms with Gasteiger partial charge in [-0.25, -0.2) is 4.98 Å². The van der Waals surface area contributed by atoms with E-state index in [-0.39, 0.29) is 35.2 Å². The summed E-state index contributed by atoms with van der Waals surface area (Å²) in [6.45, 7) is -0.229. The monoisotopic (exact) mass is 509 g/mol. The molecular weight excluding hydrogens is 491 g/mol. The van der Waals surface area contributed by atoms with E-state index in [9.17, 15) is 23.1 Å². The van der Waals surface area contributed by atoms with Crippen molar-refractivity contribution in [3.05, 3.63) is 65.3 Å². The van der Waals surface area contributed by atoms with E-state index in [1.165, 1.54) is 31.5 Å². The topological polar surface area (TPSA) is 93.2 Å². The van der Waals surface area contributed by atoms with E-state index in [4.69, 9.17) is 21.1 Å². The SMILES string of the molecule is COc1cnc(N2c3cccc(C(=O)Nc4ccc(OC(F)(F)F)cc4)c3OCC2CO)c(Cl)c1. The van der Waals surface area contributed by atoms with Crippen LogP contribution in [0.4, 0.5) is 30.4 Å². The Morgan fingerprint density at radius 3 is 2.63 bits per heavy atom. The number of pyridine rings is 1. The Morgan fingerprint density at radius 2 is 2.00 bits per heavy atom. The maximum Gasteiger partial charge on any atom is 0.573 e. The van der Waals surface area contributed by atoms with Gasteiger partial charge in [-0.05, 0) is 36.4 Å². The molecule has 1 unspecified atom stereocenters. The summed E-state index contributed by atoms with van der Waals surface area (Å²) in [6.07, 6.45) is -3.33. The first-order chi connectivity index (χ1) is 16.7. The Kier molecular flexibility index (Phi) is 6.90. The fourth-order valence-corrected chi connectivity index (χ4v) is 3.80. The summed E-state index contributed by atoms with van der Waals surface area (Å²) < 4.78 is 51.9. The fraction of sp³-hybridized carbons (Fsp3) is 0.217. The van der Waals surface area contributed by atoms with Crippen molar-refractivity contribution in [3.63, 3.8) is 0 Å². The van der Waals surface area contributed by atoms with Crippen LogP contribution in [0.2, 0.25) is 5.02 Å². The first-order valence-electron chi connectivity index (χ1n) is 10.2.